The molecule has 0 spiro atoms. The molecule has 0 unspecified atom stereocenters. The van der Waals surface area contributed by atoms with Gasteiger partial charge in [-0.25, -0.2) is 4.98 Å². The first kappa shape index (κ1) is 17.0. The molecule has 0 aliphatic heterocycles. The number of pyridine rings is 1. The zero-order valence-corrected chi connectivity index (χ0v) is 16.0. The summed E-state index contributed by atoms with van der Waals surface area (Å²) in [6.45, 7) is 0. The lowest BCUT2D eigenvalue weighted by atomic mass is 10.1. The summed E-state index contributed by atoms with van der Waals surface area (Å²) in [5.74, 6) is 2.32. The average molecular weight is 385 g/mol. The summed E-state index contributed by atoms with van der Waals surface area (Å²) < 4.78 is 3.55. The summed E-state index contributed by atoms with van der Waals surface area (Å²) >= 11 is 0. The van der Waals surface area contributed by atoms with E-state index in [1.807, 2.05) is 62.6 Å². The number of anilines is 4. The van der Waals surface area contributed by atoms with Crippen molar-refractivity contribution in [2.24, 2.45) is 14.1 Å². The Balaban J connectivity index is 1.52. The molecule has 4 heterocycles. The molecule has 0 amide bonds. The summed E-state index contributed by atoms with van der Waals surface area (Å²) in [6, 6.07) is 15.9. The molecule has 4 aromatic heterocycles. The van der Waals surface area contributed by atoms with Crippen molar-refractivity contribution in [3.8, 4) is 11.3 Å². The summed E-state index contributed by atoms with van der Waals surface area (Å²) in [4.78, 5) is 4.73. The summed E-state index contributed by atoms with van der Waals surface area (Å²) in [5, 5.41) is 23.5. The van der Waals surface area contributed by atoms with Crippen molar-refractivity contribution in [1.29, 1.82) is 0 Å². The largest absolute Gasteiger partial charge is 0.340 e. The van der Waals surface area contributed by atoms with E-state index in [0.717, 1.165) is 39.6 Å². The van der Waals surface area contributed by atoms with Crippen molar-refractivity contribution < 1.29 is 0 Å². The number of rotatable bonds is 5. The van der Waals surface area contributed by atoms with Crippen LogP contribution in [0.2, 0.25) is 0 Å². The Bertz CT molecular complexity index is 1270. The smallest absolute Gasteiger partial charge is 0.162 e. The van der Waals surface area contributed by atoms with Gasteiger partial charge in [0.2, 0.25) is 0 Å². The molecule has 9 heteroatoms. The Morgan fingerprint density at radius 1 is 0.966 bits per heavy atom. The predicted molar refractivity (Wildman–Crippen MR) is 112 cm³/mol. The van der Waals surface area contributed by atoms with Gasteiger partial charge in [-0.3, -0.25) is 14.5 Å². The molecule has 0 radical (unpaired) electrons. The number of nitrogens with one attached hydrogen (secondary N) is 3. The second-order valence-corrected chi connectivity index (χ2v) is 6.69. The second kappa shape index (κ2) is 6.79. The van der Waals surface area contributed by atoms with Crippen molar-refractivity contribution in [2.75, 3.05) is 10.6 Å². The molecule has 0 saturated carbocycles. The maximum absolute atomic E-state index is 4.73. The number of aromatic amines is 1. The molecule has 0 bridgehead atoms. The molecular weight excluding hydrogens is 366 g/mol. The van der Waals surface area contributed by atoms with Crippen LogP contribution in [-0.4, -0.2) is 34.7 Å². The molecule has 5 aromatic rings. The number of nitrogens with zero attached hydrogens (tertiary/aromatic N) is 6. The van der Waals surface area contributed by atoms with Crippen LogP contribution < -0.4 is 10.6 Å². The van der Waals surface area contributed by atoms with Gasteiger partial charge in [0.25, 0.3) is 0 Å². The van der Waals surface area contributed by atoms with Gasteiger partial charge in [-0.05, 0) is 0 Å². The number of aromatic nitrogens is 7. The van der Waals surface area contributed by atoms with Crippen LogP contribution in [0.15, 0.2) is 60.9 Å². The van der Waals surface area contributed by atoms with E-state index in [1.165, 1.54) is 0 Å². The third-order valence-corrected chi connectivity index (χ3v) is 4.68. The molecule has 0 fully saturated rings. The highest BCUT2D eigenvalue weighted by atomic mass is 15.3. The third-order valence-electron chi connectivity index (χ3n) is 4.68. The Morgan fingerprint density at radius 2 is 1.83 bits per heavy atom. The van der Waals surface area contributed by atoms with E-state index in [0.29, 0.717) is 5.82 Å². The van der Waals surface area contributed by atoms with Gasteiger partial charge in [-0.2, -0.15) is 15.3 Å². The molecule has 3 N–H and O–H groups in total. The van der Waals surface area contributed by atoms with Crippen LogP contribution in [0.4, 0.5) is 23.1 Å². The molecule has 29 heavy (non-hydrogen) atoms. The fourth-order valence-electron chi connectivity index (χ4n) is 3.22. The molecule has 144 valence electrons. The summed E-state index contributed by atoms with van der Waals surface area (Å²) in [7, 11) is 3.78. The molecule has 0 aliphatic rings. The lowest BCUT2D eigenvalue weighted by Gasteiger charge is -2.10. The van der Waals surface area contributed by atoms with Gasteiger partial charge in [0.1, 0.15) is 17.5 Å². The Morgan fingerprint density at radius 3 is 2.62 bits per heavy atom. The minimum Gasteiger partial charge on any atom is -0.340 e. The van der Waals surface area contributed by atoms with E-state index in [9.17, 15) is 0 Å². The molecule has 0 saturated heterocycles. The maximum atomic E-state index is 4.73. The topological polar surface area (TPSA) is 101 Å². The minimum absolute atomic E-state index is 0.686. The van der Waals surface area contributed by atoms with Gasteiger partial charge in [-0.15, -0.1) is 0 Å². The number of fused-ring (bicyclic) bond motifs is 1. The first-order valence-corrected chi connectivity index (χ1v) is 9.13. The lowest BCUT2D eigenvalue weighted by molar-refractivity contribution is 0.777. The van der Waals surface area contributed by atoms with Gasteiger partial charge in [0.05, 0.1) is 29.2 Å². The number of hydrogen-bond donors (Lipinski definition) is 3. The Labute approximate surface area is 166 Å². The van der Waals surface area contributed by atoms with Crippen molar-refractivity contribution >= 4 is 34.2 Å². The van der Waals surface area contributed by atoms with Crippen LogP contribution in [0.5, 0.6) is 0 Å². The summed E-state index contributed by atoms with van der Waals surface area (Å²) in [6.07, 6.45) is 3.49. The van der Waals surface area contributed by atoms with Gasteiger partial charge in [0, 0.05) is 37.9 Å². The van der Waals surface area contributed by atoms with Crippen LogP contribution in [0.3, 0.4) is 0 Å². The van der Waals surface area contributed by atoms with E-state index in [1.54, 1.807) is 21.8 Å². The maximum Gasteiger partial charge on any atom is 0.162 e. The van der Waals surface area contributed by atoms with E-state index in [4.69, 9.17) is 4.98 Å². The highest BCUT2D eigenvalue weighted by Gasteiger charge is 2.13. The zero-order chi connectivity index (χ0) is 19.8. The first-order valence-electron chi connectivity index (χ1n) is 9.13. The lowest BCUT2D eigenvalue weighted by Crippen LogP contribution is -2.03. The van der Waals surface area contributed by atoms with Gasteiger partial charge >= 0.3 is 0 Å². The van der Waals surface area contributed by atoms with Crippen molar-refractivity contribution in [3.05, 3.63) is 60.9 Å². The normalized spacial score (nSPS) is 11.1. The van der Waals surface area contributed by atoms with E-state index in [-0.39, 0.29) is 0 Å². The molecule has 1 aromatic carbocycles. The monoisotopic (exact) mass is 385 g/mol. The van der Waals surface area contributed by atoms with Gasteiger partial charge < -0.3 is 10.6 Å². The van der Waals surface area contributed by atoms with E-state index >= 15 is 0 Å². The molecule has 9 nitrogen and oxygen atoms in total. The number of hydrogen-bond acceptors (Lipinski definition) is 6. The molecule has 0 aliphatic carbocycles. The highest BCUT2D eigenvalue weighted by Crippen LogP contribution is 2.29. The van der Waals surface area contributed by atoms with Crippen molar-refractivity contribution in [3.63, 3.8) is 0 Å². The van der Waals surface area contributed by atoms with Crippen LogP contribution in [0.25, 0.3) is 22.3 Å². The fourth-order valence-corrected chi connectivity index (χ4v) is 3.22. The molecule has 5 rings (SSSR count). The number of H-pyrrole nitrogens is 1. The SMILES string of the molecule is Cn1nc(-c2ccccc2)cc1Nc1cc(Nc2ccn[nH]2)c2cnn(C)c2n1. The van der Waals surface area contributed by atoms with Crippen LogP contribution in [0.1, 0.15) is 0 Å². The second-order valence-electron chi connectivity index (χ2n) is 6.69. The molecule has 0 atom stereocenters. The van der Waals surface area contributed by atoms with Crippen LogP contribution >= 0.6 is 0 Å². The van der Waals surface area contributed by atoms with Crippen LogP contribution in [-0.2, 0) is 14.1 Å². The predicted octanol–water partition coefficient (Wildman–Crippen LogP) is 3.58. The Kier molecular flexibility index (Phi) is 3.98. The average Bonchev–Trinajstić information content (AvgIpc) is 3.45. The highest BCUT2D eigenvalue weighted by molar-refractivity contribution is 5.92. The minimum atomic E-state index is 0.686. The van der Waals surface area contributed by atoms with Crippen molar-refractivity contribution in [2.45, 2.75) is 0 Å². The van der Waals surface area contributed by atoms with Crippen molar-refractivity contribution in [1.82, 2.24) is 34.7 Å². The first-order chi connectivity index (χ1) is 14.2. The van der Waals surface area contributed by atoms with Gasteiger partial charge in [-0.1, -0.05) is 30.3 Å². The summed E-state index contributed by atoms with van der Waals surface area (Å²) in [5.41, 5.74) is 3.60. The van der Waals surface area contributed by atoms with Gasteiger partial charge in [0.15, 0.2) is 5.65 Å². The third kappa shape index (κ3) is 3.18. The van der Waals surface area contributed by atoms with E-state index in [2.05, 4.69) is 31.0 Å². The molecular formula is C20H19N9. The number of aryl methyl sites for hydroxylation is 2. The number of benzene rings is 1. The van der Waals surface area contributed by atoms with Crippen LogP contribution in [0, 0.1) is 0 Å². The fraction of sp³-hybridized carbons (Fsp3) is 0.100. The standard InChI is InChI=1S/C20H19N9/c1-28-19(11-15(27-28)13-6-4-3-5-7-13)24-18-10-16(23-17-8-9-21-26-17)14-12-22-29(2)20(14)25-18/h3-12H,1-2H3,(H3,21,23,24,25,26). The Hall–Kier alpha value is -4.14. The van der Waals surface area contributed by atoms with E-state index < -0.39 is 0 Å². The zero-order valence-electron chi connectivity index (χ0n) is 16.0. The quantitative estimate of drug-likeness (QED) is 0.427.